The van der Waals surface area contributed by atoms with Crippen LogP contribution in [0.15, 0.2) is 18.2 Å². The summed E-state index contributed by atoms with van der Waals surface area (Å²) in [6, 6.07) is 6.75. The maximum atomic E-state index is 5.60. The minimum atomic E-state index is 0.499. The van der Waals surface area contributed by atoms with Gasteiger partial charge in [-0.3, -0.25) is 0 Å². The van der Waals surface area contributed by atoms with Crippen molar-refractivity contribution < 1.29 is 9.47 Å². The van der Waals surface area contributed by atoms with Gasteiger partial charge in [0.05, 0.1) is 0 Å². The summed E-state index contributed by atoms with van der Waals surface area (Å²) >= 11 is 0. The predicted molar refractivity (Wildman–Crippen MR) is 73.5 cm³/mol. The van der Waals surface area contributed by atoms with E-state index in [4.69, 9.17) is 9.47 Å². The van der Waals surface area contributed by atoms with Crippen LogP contribution in [0.4, 0.5) is 0 Å². The summed E-state index contributed by atoms with van der Waals surface area (Å²) in [5, 5.41) is 3.54. The van der Waals surface area contributed by atoms with Crippen molar-refractivity contribution >= 4 is 0 Å². The van der Waals surface area contributed by atoms with Crippen molar-refractivity contribution in [3.63, 3.8) is 0 Å². The summed E-state index contributed by atoms with van der Waals surface area (Å²) < 4.78 is 11.1. The Morgan fingerprint density at radius 2 is 2.00 bits per heavy atom. The van der Waals surface area contributed by atoms with Gasteiger partial charge in [-0.1, -0.05) is 19.4 Å². The summed E-state index contributed by atoms with van der Waals surface area (Å²) in [6.07, 6.45) is 3.51. The summed E-state index contributed by atoms with van der Waals surface area (Å²) in [6.45, 7) is 6.85. The molecule has 0 bridgehead atoms. The Labute approximate surface area is 109 Å². The van der Waals surface area contributed by atoms with E-state index in [-0.39, 0.29) is 0 Å². The Kier molecular flexibility index (Phi) is 4.88. The largest absolute Gasteiger partial charge is 0.486 e. The molecular formula is C15H23NO2. The van der Waals surface area contributed by atoms with E-state index in [0.29, 0.717) is 19.3 Å². The molecule has 0 spiro atoms. The lowest BCUT2D eigenvalue weighted by atomic mass is 10.1. The van der Waals surface area contributed by atoms with Crippen molar-refractivity contribution in [1.29, 1.82) is 0 Å². The van der Waals surface area contributed by atoms with Gasteiger partial charge in [0.1, 0.15) is 13.2 Å². The molecule has 2 rings (SSSR count). The molecule has 0 saturated heterocycles. The highest BCUT2D eigenvalue weighted by Crippen LogP contribution is 2.30. The van der Waals surface area contributed by atoms with Gasteiger partial charge in [-0.15, -0.1) is 0 Å². The first-order chi connectivity index (χ1) is 8.79. The number of hydrogen-bond acceptors (Lipinski definition) is 3. The third-order valence-corrected chi connectivity index (χ3v) is 3.17. The molecule has 100 valence electrons. The Morgan fingerprint density at radius 1 is 1.22 bits per heavy atom. The fourth-order valence-electron chi connectivity index (χ4n) is 2.17. The van der Waals surface area contributed by atoms with Crippen molar-refractivity contribution in [3.8, 4) is 11.5 Å². The zero-order valence-corrected chi connectivity index (χ0v) is 11.4. The average molecular weight is 249 g/mol. The van der Waals surface area contributed by atoms with Crippen LogP contribution in [-0.2, 0) is 6.42 Å². The van der Waals surface area contributed by atoms with Gasteiger partial charge in [-0.25, -0.2) is 0 Å². The standard InChI is InChI=1S/C15H23NO2/c1-3-4-7-16-12(2)10-13-5-6-14-15(11-13)18-9-8-17-14/h5-6,11-12,16H,3-4,7-10H2,1-2H3. The Balaban J connectivity index is 1.89. The minimum absolute atomic E-state index is 0.499. The summed E-state index contributed by atoms with van der Waals surface area (Å²) in [7, 11) is 0. The van der Waals surface area contributed by atoms with E-state index in [1.54, 1.807) is 0 Å². The first-order valence-corrected chi connectivity index (χ1v) is 6.91. The Morgan fingerprint density at radius 3 is 2.78 bits per heavy atom. The molecule has 1 aromatic carbocycles. The number of unbranched alkanes of at least 4 members (excludes halogenated alkanes) is 1. The van der Waals surface area contributed by atoms with Gasteiger partial charge in [0.25, 0.3) is 0 Å². The fraction of sp³-hybridized carbons (Fsp3) is 0.600. The van der Waals surface area contributed by atoms with Crippen LogP contribution in [0.5, 0.6) is 11.5 Å². The van der Waals surface area contributed by atoms with Crippen molar-refractivity contribution in [2.45, 2.75) is 39.2 Å². The molecule has 0 saturated carbocycles. The number of nitrogens with one attached hydrogen (secondary N) is 1. The van der Waals surface area contributed by atoms with Crippen LogP contribution in [0.3, 0.4) is 0 Å². The first kappa shape index (κ1) is 13.2. The summed E-state index contributed by atoms with van der Waals surface area (Å²) in [4.78, 5) is 0. The molecule has 0 amide bonds. The van der Waals surface area contributed by atoms with Gasteiger partial charge in [-0.05, 0) is 44.0 Å². The van der Waals surface area contributed by atoms with E-state index in [9.17, 15) is 0 Å². The number of ether oxygens (including phenoxy) is 2. The molecule has 18 heavy (non-hydrogen) atoms. The van der Waals surface area contributed by atoms with Gasteiger partial charge in [0, 0.05) is 6.04 Å². The lowest BCUT2D eigenvalue weighted by Crippen LogP contribution is -2.29. The molecule has 1 aromatic rings. The molecule has 1 aliphatic rings. The second-order valence-electron chi connectivity index (χ2n) is 4.89. The summed E-state index contributed by atoms with van der Waals surface area (Å²) in [5.41, 5.74) is 1.30. The lowest BCUT2D eigenvalue weighted by Gasteiger charge is -2.20. The molecule has 0 aliphatic carbocycles. The molecule has 1 unspecified atom stereocenters. The zero-order chi connectivity index (χ0) is 12.8. The maximum Gasteiger partial charge on any atom is 0.161 e. The SMILES string of the molecule is CCCCNC(C)Cc1ccc2c(c1)OCCO2. The van der Waals surface area contributed by atoms with E-state index in [1.807, 2.05) is 6.07 Å². The third-order valence-electron chi connectivity index (χ3n) is 3.17. The van der Waals surface area contributed by atoms with Crippen molar-refractivity contribution in [3.05, 3.63) is 23.8 Å². The molecule has 1 N–H and O–H groups in total. The van der Waals surface area contributed by atoms with Crippen LogP contribution < -0.4 is 14.8 Å². The topological polar surface area (TPSA) is 30.5 Å². The maximum absolute atomic E-state index is 5.60. The zero-order valence-electron chi connectivity index (χ0n) is 11.4. The second-order valence-corrected chi connectivity index (χ2v) is 4.89. The van der Waals surface area contributed by atoms with Crippen LogP contribution >= 0.6 is 0 Å². The van der Waals surface area contributed by atoms with Gasteiger partial charge in [-0.2, -0.15) is 0 Å². The number of fused-ring (bicyclic) bond motifs is 1. The number of hydrogen-bond donors (Lipinski definition) is 1. The first-order valence-electron chi connectivity index (χ1n) is 6.91. The van der Waals surface area contributed by atoms with Gasteiger partial charge >= 0.3 is 0 Å². The van der Waals surface area contributed by atoms with E-state index in [1.165, 1.54) is 18.4 Å². The van der Waals surface area contributed by atoms with Crippen molar-refractivity contribution in [2.24, 2.45) is 0 Å². The molecule has 1 aliphatic heterocycles. The summed E-state index contributed by atoms with van der Waals surface area (Å²) in [5.74, 6) is 1.76. The van der Waals surface area contributed by atoms with E-state index in [0.717, 1.165) is 24.5 Å². The van der Waals surface area contributed by atoms with Gasteiger partial charge in [0.15, 0.2) is 11.5 Å². The molecule has 1 heterocycles. The lowest BCUT2D eigenvalue weighted by molar-refractivity contribution is 0.171. The van der Waals surface area contributed by atoms with E-state index >= 15 is 0 Å². The second kappa shape index (κ2) is 6.64. The molecule has 3 heteroatoms. The average Bonchev–Trinajstić information content (AvgIpc) is 2.39. The molecular weight excluding hydrogens is 226 g/mol. The van der Waals surface area contributed by atoms with Crippen LogP contribution in [0, 0.1) is 0 Å². The fourth-order valence-corrected chi connectivity index (χ4v) is 2.17. The van der Waals surface area contributed by atoms with E-state index in [2.05, 4.69) is 31.3 Å². The van der Waals surface area contributed by atoms with Crippen LogP contribution in [-0.4, -0.2) is 25.8 Å². The number of rotatable bonds is 6. The van der Waals surface area contributed by atoms with Crippen molar-refractivity contribution in [2.75, 3.05) is 19.8 Å². The normalized spacial score (nSPS) is 15.4. The predicted octanol–water partition coefficient (Wildman–Crippen LogP) is 2.78. The third kappa shape index (κ3) is 3.64. The smallest absolute Gasteiger partial charge is 0.161 e. The van der Waals surface area contributed by atoms with Gasteiger partial charge < -0.3 is 14.8 Å². The van der Waals surface area contributed by atoms with Crippen LogP contribution in [0.1, 0.15) is 32.3 Å². The molecule has 1 atom stereocenters. The molecule has 0 aromatic heterocycles. The minimum Gasteiger partial charge on any atom is -0.486 e. The highest BCUT2D eigenvalue weighted by atomic mass is 16.6. The van der Waals surface area contributed by atoms with Crippen LogP contribution in [0.25, 0.3) is 0 Å². The molecule has 0 fully saturated rings. The highest BCUT2D eigenvalue weighted by molar-refractivity contribution is 5.43. The highest BCUT2D eigenvalue weighted by Gasteiger charge is 2.12. The van der Waals surface area contributed by atoms with Crippen molar-refractivity contribution in [1.82, 2.24) is 5.32 Å². The number of benzene rings is 1. The molecule has 0 radical (unpaired) electrons. The Bertz CT molecular complexity index is 379. The monoisotopic (exact) mass is 249 g/mol. The Hall–Kier alpha value is -1.22. The van der Waals surface area contributed by atoms with Gasteiger partial charge in [0.2, 0.25) is 0 Å². The quantitative estimate of drug-likeness (QED) is 0.786. The van der Waals surface area contributed by atoms with Crippen LogP contribution in [0.2, 0.25) is 0 Å². The molecule has 3 nitrogen and oxygen atoms in total. The van der Waals surface area contributed by atoms with E-state index < -0.39 is 0 Å².